The number of aromatic nitrogens is 1. The third-order valence-electron chi connectivity index (χ3n) is 1.54. The number of carbonyl (C=O) groups is 1. The highest BCUT2D eigenvalue weighted by Gasteiger charge is 2.14. The van der Waals surface area contributed by atoms with Crippen molar-refractivity contribution in [2.75, 3.05) is 7.11 Å². The monoisotopic (exact) mass is 247 g/mol. The molecule has 0 saturated heterocycles. The highest BCUT2D eigenvalue weighted by atomic mass is 79.9. The minimum atomic E-state index is -0.582. The van der Waals surface area contributed by atoms with Gasteiger partial charge in [-0.15, -0.1) is 0 Å². The van der Waals surface area contributed by atoms with Crippen LogP contribution in [-0.4, -0.2) is 18.1 Å². The van der Waals surface area contributed by atoms with Crippen molar-refractivity contribution in [2.45, 2.75) is 5.33 Å². The van der Waals surface area contributed by atoms with Crippen LogP contribution in [0.1, 0.15) is 15.9 Å². The molecule has 0 radical (unpaired) electrons. The fourth-order valence-corrected chi connectivity index (χ4v) is 1.45. The molecule has 0 fully saturated rings. The molecule has 0 amide bonds. The summed E-state index contributed by atoms with van der Waals surface area (Å²) in [5.41, 5.74) is 0.418. The van der Waals surface area contributed by atoms with Crippen molar-refractivity contribution in [3.05, 3.63) is 29.3 Å². The van der Waals surface area contributed by atoms with Gasteiger partial charge in [0.15, 0.2) is 0 Å². The van der Waals surface area contributed by atoms with Crippen LogP contribution < -0.4 is 0 Å². The Morgan fingerprint density at radius 2 is 2.38 bits per heavy atom. The molecule has 0 aromatic carbocycles. The van der Waals surface area contributed by atoms with E-state index in [-0.39, 0.29) is 16.5 Å². The van der Waals surface area contributed by atoms with E-state index in [0.29, 0.717) is 0 Å². The van der Waals surface area contributed by atoms with Crippen molar-refractivity contribution in [2.24, 2.45) is 0 Å². The van der Waals surface area contributed by atoms with Crippen LogP contribution in [0, 0.1) is 5.82 Å². The van der Waals surface area contributed by atoms with E-state index >= 15 is 0 Å². The van der Waals surface area contributed by atoms with Gasteiger partial charge in [-0.2, -0.15) is 0 Å². The Bertz CT molecular complexity index is 330. The van der Waals surface area contributed by atoms with Gasteiger partial charge in [-0.3, -0.25) is 4.98 Å². The van der Waals surface area contributed by atoms with Crippen molar-refractivity contribution in [3.8, 4) is 0 Å². The predicted octanol–water partition coefficient (Wildman–Crippen LogP) is 1.90. The normalized spacial score (nSPS) is 9.77. The fraction of sp³-hybridized carbons (Fsp3) is 0.250. The number of rotatable bonds is 2. The number of carbonyl (C=O) groups excluding carboxylic acids is 1. The molecule has 1 aromatic rings. The number of hydrogen-bond acceptors (Lipinski definition) is 3. The molecule has 0 unspecified atom stereocenters. The van der Waals surface area contributed by atoms with Crippen LogP contribution in [0.3, 0.4) is 0 Å². The number of nitrogens with zero attached hydrogens (tertiary/aromatic N) is 1. The first kappa shape index (κ1) is 10.1. The summed E-state index contributed by atoms with van der Waals surface area (Å²) in [6, 6.07) is 0. The molecule has 0 aliphatic rings. The average molecular weight is 248 g/mol. The van der Waals surface area contributed by atoms with E-state index in [1.165, 1.54) is 13.3 Å². The summed E-state index contributed by atoms with van der Waals surface area (Å²) in [5, 5.41) is 0.256. The number of methoxy groups -OCH3 is 1. The van der Waals surface area contributed by atoms with Crippen LogP contribution in [0.5, 0.6) is 0 Å². The summed E-state index contributed by atoms with van der Waals surface area (Å²) in [5.74, 6) is -1.10. The zero-order valence-corrected chi connectivity index (χ0v) is 8.47. The molecule has 1 aromatic heterocycles. The van der Waals surface area contributed by atoms with E-state index < -0.39 is 11.8 Å². The van der Waals surface area contributed by atoms with Gasteiger partial charge >= 0.3 is 5.97 Å². The van der Waals surface area contributed by atoms with E-state index in [0.717, 1.165) is 6.20 Å². The van der Waals surface area contributed by atoms with Crippen molar-refractivity contribution in [1.82, 2.24) is 4.98 Å². The minimum Gasteiger partial charge on any atom is -0.465 e. The van der Waals surface area contributed by atoms with E-state index in [2.05, 4.69) is 25.7 Å². The molecule has 3 nitrogen and oxygen atoms in total. The van der Waals surface area contributed by atoms with Crippen LogP contribution in [0.25, 0.3) is 0 Å². The van der Waals surface area contributed by atoms with Crippen LogP contribution in [-0.2, 0) is 10.1 Å². The van der Waals surface area contributed by atoms with Gasteiger partial charge in [0.2, 0.25) is 0 Å². The molecule has 0 atom stereocenters. The Hall–Kier alpha value is -0.970. The SMILES string of the molecule is COC(=O)c1cncc(F)c1CBr. The minimum absolute atomic E-state index is 0.152. The number of ether oxygens (including phenoxy) is 1. The number of alkyl halides is 1. The Kier molecular flexibility index (Phi) is 3.36. The number of pyridine rings is 1. The van der Waals surface area contributed by atoms with Crippen molar-refractivity contribution in [3.63, 3.8) is 0 Å². The Morgan fingerprint density at radius 3 is 2.92 bits per heavy atom. The second-order valence-electron chi connectivity index (χ2n) is 2.27. The lowest BCUT2D eigenvalue weighted by atomic mass is 10.1. The van der Waals surface area contributed by atoms with Gasteiger partial charge in [-0.05, 0) is 0 Å². The van der Waals surface area contributed by atoms with Gasteiger partial charge in [0.25, 0.3) is 0 Å². The lowest BCUT2D eigenvalue weighted by Gasteiger charge is -2.04. The summed E-state index contributed by atoms with van der Waals surface area (Å²) < 4.78 is 17.5. The molecule has 0 bridgehead atoms. The predicted molar refractivity (Wildman–Crippen MR) is 48.2 cm³/mol. The number of esters is 1. The van der Waals surface area contributed by atoms with Crippen molar-refractivity contribution >= 4 is 21.9 Å². The Labute approximate surface area is 83.1 Å². The lowest BCUT2D eigenvalue weighted by Crippen LogP contribution is -2.07. The highest BCUT2D eigenvalue weighted by molar-refractivity contribution is 9.08. The van der Waals surface area contributed by atoms with E-state index in [9.17, 15) is 9.18 Å². The summed E-state index contributed by atoms with van der Waals surface area (Å²) in [7, 11) is 1.24. The second kappa shape index (κ2) is 4.32. The van der Waals surface area contributed by atoms with E-state index in [1.54, 1.807) is 0 Å². The molecule has 5 heteroatoms. The van der Waals surface area contributed by atoms with Gasteiger partial charge in [0.05, 0.1) is 18.9 Å². The van der Waals surface area contributed by atoms with Crippen LogP contribution in [0.2, 0.25) is 0 Å². The van der Waals surface area contributed by atoms with Crippen LogP contribution >= 0.6 is 15.9 Å². The first-order valence-electron chi connectivity index (χ1n) is 3.47. The van der Waals surface area contributed by atoms with E-state index in [4.69, 9.17) is 0 Å². The maximum absolute atomic E-state index is 13.0. The average Bonchev–Trinajstić information content (AvgIpc) is 2.16. The molecule has 1 rings (SSSR count). The molecule has 0 N–H and O–H groups in total. The Morgan fingerprint density at radius 1 is 1.69 bits per heavy atom. The van der Waals surface area contributed by atoms with Crippen LogP contribution in [0.15, 0.2) is 12.4 Å². The Balaban J connectivity index is 3.20. The molecular weight excluding hydrogens is 241 g/mol. The topological polar surface area (TPSA) is 39.2 Å². The molecule has 0 aliphatic carbocycles. The van der Waals surface area contributed by atoms with Crippen molar-refractivity contribution < 1.29 is 13.9 Å². The van der Waals surface area contributed by atoms with Gasteiger partial charge in [0, 0.05) is 17.1 Å². The molecule has 0 spiro atoms. The highest BCUT2D eigenvalue weighted by Crippen LogP contribution is 2.15. The molecule has 1 heterocycles. The summed E-state index contributed by atoms with van der Waals surface area (Å²) in [6.07, 6.45) is 2.34. The first-order chi connectivity index (χ1) is 6.20. The fourth-order valence-electron chi connectivity index (χ4n) is 0.883. The third-order valence-corrected chi connectivity index (χ3v) is 2.10. The molecule has 13 heavy (non-hydrogen) atoms. The zero-order valence-electron chi connectivity index (χ0n) is 6.88. The van der Waals surface area contributed by atoms with Gasteiger partial charge in [-0.25, -0.2) is 9.18 Å². The summed E-state index contributed by atoms with van der Waals surface area (Å²) >= 11 is 3.08. The lowest BCUT2D eigenvalue weighted by molar-refractivity contribution is 0.0598. The van der Waals surface area contributed by atoms with Gasteiger partial charge < -0.3 is 4.74 Å². The number of halogens is 2. The zero-order chi connectivity index (χ0) is 9.84. The standard InChI is InChI=1S/C8H7BrFNO2/c1-13-8(12)6-3-11-4-7(10)5(6)2-9/h3-4H,2H2,1H3. The first-order valence-corrected chi connectivity index (χ1v) is 4.59. The third kappa shape index (κ3) is 2.03. The smallest absolute Gasteiger partial charge is 0.339 e. The number of hydrogen-bond donors (Lipinski definition) is 0. The van der Waals surface area contributed by atoms with E-state index in [1.807, 2.05) is 0 Å². The second-order valence-corrected chi connectivity index (χ2v) is 2.83. The quantitative estimate of drug-likeness (QED) is 0.592. The molecule has 0 aliphatic heterocycles. The van der Waals surface area contributed by atoms with Crippen molar-refractivity contribution in [1.29, 1.82) is 0 Å². The van der Waals surface area contributed by atoms with Gasteiger partial charge in [-0.1, -0.05) is 15.9 Å². The van der Waals surface area contributed by atoms with Gasteiger partial charge in [0.1, 0.15) is 5.82 Å². The molecular formula is C8H7BrFNO2. The largest absolute Gasteiger partial charge is 0.465 e. The molecule has 0 saturated carbocycles. The maximum Gasteiger partial charge on any atom is 0.339 e. The maximum atomic E-state index is 13.0. The molecule has 70 valence electrons. The van der Waals surface area contributed by atoms with Crippen LogP contribution in [0.4, 0.5) is 4.39 Å². The summed E-state index contributed by atoms with van der Waals surface area (Å²) in [4.78, 5) is 14.7. The summed E-state index contributed by atoms with van der Waals surface area (Å²) in [6.45, 7) is 0.